The Morgan fingerprint density at radius 3 is 2.56 bits per heavy atom. The predicted octanol–water partition coefficient (Wildman–Crippen LogP) is 4.36. The molecule has 6 rings (SSSR count). The molecule has 0 bridgehead atoms. The maximum absolute atomic E-state index is 14.9. The highest BCUT2D eigenvalue weighted by Gasteiger charge is 2.34. The van der Waals surface area contributed by atoms with E-state index in [-0.39, 0.29) is 16.0 Å². The van der Waals surface area contributed by atoms with Gasteiger partial charge in [0.2, 0.25) is 0 Å². The SMILES string of the molecule is O=c1[nH]c(CSC2CCOCC2)nc2cc(OCC3CCN(C4CN(c5ccc([N+](=O)[O-])cc5)C4)CC3)cc(F)c12. The van der Waals surface area contributed by atoms with Crippen LogP contribution in [0.3, 0.4) is 0 Å². The number of piperidine rings is 1. The largest absolute Gasteiger partial charge is 0.493 e. The Kier molecular flexibility index (Phi) is 8.40. The predicted molar refractivity (Wildman–Crippen MR) is 156 cm³/mol. The van der Waals surface area contributed by atoms with Gasteiger partial charge in [0.15, 0.2) is 0 Å². The number of aromatic amines is 1. The smallest absolute Gasteiger partial charge is 0.269 e. The van der Waals surface area contributed by atoms with E-state index in [1.54, 1.807) is 30.0 Å². The number of hydrogen-bond acceptors (Lipinski definition) is 9. The van der Waals surface area contributed by atoms with Crippen molar-refractivity contribution < 1.29 is 18.8 Å². The summed E-state index contributed by atoms with van der Waals surface area (Å²) < 4.78 is 26.3. The molecule has 0 spiro atoms. The van der Waals surface area contributed by atoms with Crippen LogP contribution in [0.2, 0.25) is 0 Å². The number of nitrogens with one attached hydrogen (secondary N) is 1. The van der Waals surface area contributed by atoms with Crippen molar-refractivity contribution in [3.05, 3.63) is 68.5 Å². The third-order valence-corrected chi connectivity index (χ3v) is 9.73. The number of nitro benzene ring substituents is 1. The number of halogens is 1. The molecule has 2 aromatic carbocycles. The fourth-order valence-electron chi connectivity index (χ4n) is 5.82. The van der Waals surface area contributed by atoms with Crippen molar-refractivity contribution >= 4 is 34.0 Å². The minimum Gasteiger partial charge on any atom is -0.493 e. The minimum atomic E-state index is -0.618. The van der Waals surface area contributed by atoms with Crippen LogP contribution in [0.1, 0.15) is 31.5 Å². The highest BCUT2D eigenvalue weighted by atomic mass is 32.2. The van der Waals surface area contributed by atoms with Gasteiger partial charge in [0, 0.05) is 67.5 Å². The number of nitrogens with zero attached hydrogens (tertiary/aromatic N) is 4. The Balaban J connectivity index is 0.991. The molecule has 1 N–H and O–H groups in total. The molecule has 3 fully saturated rings. The number of rotatable bonds is 9. The first-order chi connectivity index (χ1) is 19.9. The van der Waals surface area contributed by atoms with Crippen LogP contribution < -0.4 is 15.2 Å². The van der Waals surface area contributed by atoms with Gasteiger partial charge < -0.3 is 19.4 Å². The number of fused-ring (bicyclic) bond motifs is 1. The number of aromatic nitrogens is 2. The molecule has 0 radical (unpaired) electrons. The van der Waals surface area contributed by atoms with Crippen molar-refractivity contribution in [2.45, 2.75) is 42.7 Å². The Morgan fingerprint density at radius 1 is 1.12 bits per heavy atom. The number of hydrogen-bond donors (Lipinski definition) is 1. The lowest BCUT2D eigenvalue weighted by molar-refractivity contribution is -0.384. The average Bonchev–Trinajstić information content (AvgIpc) is 2.95. The van der Waals surface area contributed by atoms with E-state index in [1.165, 1.54) is 6.07 Å². The van der Waals surface area contributed by atoms with E-state index in [4.69, 9.17) is 9.47 Å². The normalized spacial score (nSPS) is 19.4. The molecule has 0 unspecified atom stereocenters. The second kappa shape index (κ2) is 12.3. The van der Waals surface area contributed by atoms with Crippen LogP contribution >= 0.6 is 11.8 Å². The summed E-state index contributed by atoms with van der Waals surface area (Å²) >= 11 is 1.75. The summed E-state index contributed by atoms with van der Waals surface area (Å²) in [5, 5.41) is 11.3. The van der Waals surface area contributed by atoms with Gasteiger partial charge in [0.1, 0.15) is 22.8 Å². The van der Waals surface area contributed by atoms with E-state index in [9.17, 15) is 19.3 Å². The molecule has 218 valence electrons. The number of ether oxygens (including phenoxy) is 2. The van der Waals surface area contributed by atoms with Crippen LogP contribution in [-0.2, 0) is 10.5 Å². The van der Waals surface area contributed by atoms with E-state index >= 15 is 0 Å². The van der Waals surface area contributed by atoms with Gasteiger partial charge in [-0.1, -0.05) is 0 Å². The van der Waals surface area contributed by atoms with Crippen molar-refractivity contribution in [2.24, 2.45) is 5.92 Å². The summed E-state index contributed by atoms with van der Waals surface area (Å²) in [7, 11) is 0. The molecule has 10 nitrogen and oxygen atoms in total. The maximum Gasteiger partial charge on any atom is 0.269 e. The lowest BCUT2D eigenvalue weighted by Gasteiger charge is -2.48. The summed E-state index contributed by atoms with van der Waals surface area (Å²) in [6.07, 6.45) is 3.95. The van der Waals surface area contributed by atoms with Crippen LogP contribution in [0, 0.1) is 21.8 Å². The molecule has 3 aliphatic rings. The lowest BCUT2D eigenvalue weighted by atomic mass is 9.94. The zero-order chi connectivity index (χ0) is 28.3. The zero-order valence-corrected chi connectivity index (χ0v) is 23.6. The first-order valence-corrected chi connectivity index (χ1v) is 15.3. The van der Waals surface area contributed by atoms with Gasteiger partial charge >= 0.3 is 0 Å². The van der Waals surface area contributed by atoms with Gasteiger partial charge in [-0.05, 0) is 56.8 Å². The van der Waals surface area contributed by atoms with Crippen LogP contribution in [-0.4, -0.2) is 77.1 Å². The van der Waals surface area contributed by atoms with Crippen LogP contribution in [0.25, 0.3) is 10.9 Å². The molecule has 3 saturated heterocycles. The summed E-state index contributed by atoms with van der Waals surface area (Å²) in [4.78, 5) is 35.1. The number of thioether (sulfide) groups is 1. The number of H-pyrrole nitrogens is 1. The van der Waals surface area contributed by atoms with Crippen LogP contribution in [0.5, 0.6) is 5.75 Å². The van der Waals surface area contributed by atoms with Gasteiger partial charge in [-0.2, -0.15) is 11.8 Å². The van der Waals surface area contributed by atoms with E-state index in [0.29, 0.717) is 46.7 Å². The second-order valence-electron chi connectivity index (χ2n) is 11.1. The quantitative estimate of drug-likeness (QED) is 0.290. The average molecular weight is 584 g/mol. The van der Waals surface area contributed by atoms with Crippen molar-refractivity contribution in [3.8, 4) is 5.75 Å². The topological polar surface area (TPSA) is 114 Å². The molecule has 3 aliphatic heterocycles. The maximum atomic E-state index is 14.9. The van der Waals surface area contributed by atoms with E-state index in [1.807, 2.05) is 12.1 Å². The minimum absolute atomic E-state index is 0.0336. The summed E-state index contributed by atoms with van der Waals surface area (Å²) in [6, 6.07) is 10.2. The van der Waals surface area contributed by atoms with Gasteiger partial charge in [-0.3, -0.25) is 19.8 Å². The number of nitro groups is 1. The number of non-ortho nitro benzene ring substituents is 1. The van der Waals surface area contributed by atoms with Gasteiger partial charge in [0.25, 0.3) is 11.2 Å². The molecule has 0 amide bonds. The van der Waals surface area contributed by atoms with E-state index in [2.05, 4.69) is 19.8 Å². The Bertz CT molecular complexity index is 1430. The fourth-order valence-corrected chi connectivity index (χ4v) is 6.88. The molecule has 41 heavy (non-hydrogen) atoms. The van der Waals surface area contributed by atoms with Crippen molar-refractivity contribution in [3.63, 3.8) is 0 Å². The first kappa shape index (κ1) is 27.9. The first-order valence-electron chi connectivity index (χ1n) is 14.2. The van der Waals surface area contributed by atoms with Gasteiger partial charge in [-0.25, -0.2) is 9.37 Å². The highest BCUT2D eigenvalue weighted by Crippen LogP contribution is 2.30. The number of likely N-dealkylation sites (tertiary alicyclic amines) is 1. The third kappa shape index (κ3) is 6.49. The third-order valence-electron chi connectivity index (χ3n) is 8.35. The molecule has 1 aromatic heterocycles. The monoisotopic (exact) mass is 583 g/mol. The van der Waals surface area contributed by atoms with Crippen molar-refractivity contribution in [1.82, 2.24) is 14.9 Å². The molecule has 0 atom stereocenters. The van der Waals surface area contributed by atoms with Gasteiger partial charge in [-0.15, -0.1) is 0 Å². The molecular weight excluding hydrogens is 549 g/mol. The second-order valence-corrected chi connectivity index (χ2v) is 12.3. The zero-order valence-electron chi connectivity index (χ0n) is 22.8. The summed E-state index contributed by atoms with van der Waals surface area (Å²) in [6.45, 7) is 5.79. The number of anilines is 1. The highest BCUT2D eigenvalue weighted by molar-refractivity contribution is 7.99. The van der Waals surface area contributed by atoms with Crippen molar-refractivity contribution in [1.29, 1.82) is 0 Å². The van der Waals surface area contributed by atoms with Crippen LogP contribution in [0.15, 0.2) is 41.2 Å². The van der Waals surface area contributed by atoms with E-state index in [0.717, 1.165) is 70.8 Å². The lowest BCUT2D eigenvalue weighted by Crippen LogP contribution is -2.61. The summed E-state index contributed by atoms with van der Waals surface area (Å²) in [5.41, 5.74) is 0.983. The fraction of sp³-hybridized carbons (Fsp3) is 0.517. The van der Waals surface area contributed by atoms with Crippen LogP contribution in [0.4, 0.5) is 15.8 Å². The van der Waals surface area contributed by atoms with Crippen molar-refractivity contribution in [2.75, 3.05) is 50.9 Å². The van der Waals surface area contributed by atoms with Gasteiger partial charge in [0.05, 0.1) is 22.8 Å². The Labute approximate surface area is 241 Å². The molecule has 4 heterocycles. The molecule has 3 aromatic rings. The molecule has 12 heteroatoms. The molecule has 0 aliphatic carbocycles. The standard InChI is InChI=1S/C29H34FN5O5S/c30-25-13-23(14-26-28(25)29(36)32-27(31-26)18-41-24-7-11-39-12-8-24)40-17-19-5-9-33(10-6-19)22-15-34(16-22)20-1-3-21(4-2-20)35(37)38/h1-4,13-14,19,22,24H,5-12,15-18H2,(H,31,32,36). The molecular formula is C29H34FN5O5S. The Morgan fingerprint density at radius 2 is 1.85 bits per heavy atom. The molecule has 0 saturated carbocycles. The summed E-state index contributed by atoms with van der Waals surface area (Å²) in [5.74, 6) is 1.26. The van der Waals surface area contributed by atoms with E-state index < -0.39 is 11.4 Å². The Hall–Kier alpha value is -3.22. The number of benzene rings is 2.